The highest BCUT2D eigenvalue weighted by molar-refractivity contribution is 7.10. The topological polar surface area (TPSA) is 52.6 Å². The van der Waals surface area contributed by atoms with E-state index in [0.717, 1.165) is 4.88 Å². The van der Waals surface area contributed by atoms with Gasteiger partial charge < -0.3 is 9.47 Å². The SMILES string of the molecule is COc1cc(C=O)ccc1OC(=O)/C=C/c1cccs1. The molecule has 1 aromatic carbocycles. The lowest BCUT2D eigenvalue weighted by molar-refractivity contribution is -0.129. The molecule has 0 bridgehead atoms. The summed E-state index contributed by atoms with van der Waals surface area (Å²) in [6.07, 6.45) is 3.73. The highest BCUT2D eigenvalue weighted by Gasteiger charge is 2.08. The van der Waals surface area contributed by atoms with Crippen LogP contribution in [0.2, 0.25) is 0 Å². The maximum atomic E-state index is 11.7. The van der Waals surface area contributed by atoms with E-state index in [2.05, 4.69) is 0 Å². The number of aldehydes is 1. The molecule has 0 atom stereocenters. The monoisotopic (exact) mass is 288 g/mol. The molecule has 4 nitrogen and oxygen atoms in total. The Morgan fingerprint density at radius 3 is 2.75 bits per heavy atom. The van der Waals surface area contributed by atoms with E-state index in [4.69, 9.17) is 9.47 Å². The predicted molar refractivity (Wildman–Crippen MR) is 77.4 cm³/mol. The Hall–Kier alpha value is -2.40. The van der Waals surface area contributed by atoms with E-state index in [1.54, 1.807) is 12.1 Å². The molecule has 0 saturated carbocycles. The van der Waals surface area contributed by atoms with Gasteiger partial charge in [0.1, 0.15) is 6.29 Å². The number of carbonyl (C=O) groups excluding carboxylic acids is 2. The standard InChI is InChI=1S/C15H12O4S/c1-18-14-9-11(10-16)4-6-13(14)19-15(17)7-5-12-3-2-8-20-12/h2-10H,1H3/b7-5+. The molecule has 0 radical (unpaired) electrons. The Bertz CT molecular complexity index is 629. The first-order valence-electron chi connectivity index (χ1n) is 5.79. The third kappa shape index (κ3) is 3.55. The molecule has 2 rings (SSSR count). The number of thiophene rings is 1. The van der Waals surface area contributed by atoms with Crippen LogP contribution < -0.4 is 9.47 Å². The summed E-state index contributed by atoms with van der Waals surface area (Å²) in [6, 6.07) is 8.39. The minimum Gasteiger partial charge on any atom is -0.493 e. The maximum absolute atomic E-state index is 11.7. The highest BCUT2D eigenvalue weighted by Crippen LogP contribution is 2.27. The minimum atomic E-state index is -0.504. The van der Waals surface area contributed by atoms with Gasteiger partial charge in [0.2, 0.25) is 0 Å². The maximum Gasteiger partial charge on any atom is 0.336 e. The van der Waals surface area contributed by atoms with Crippen molar-refractivity contribution in [2.75, 3.05) is 7.11 Å². The Labute approximate surface area is 120 Å². The van der Waals surface area contributed by atoms with Gasteiger partial charge in [0.25, 0.3) is 0 Å². The zero-order valence-corrected chi connectivity index (χ0v) is 11.6. The van der Waals surface area contributed by atoms with Crippen LogP contribution in [0.15, 0.2) is 41.8 Å². The second kappa shape index (κ2) is 6.68. The fraction of sp³-hybridized carbons (Fsp3) is 0.0667. The molecule has 0 amide bonds. The molecule has 102 valence electrons. The van der Waals surface area contributed by atoms with Crippen LogP contribution in [0.4, 0.5) is 0 Å². The van der Waals surface area contributed by atoms with E-state index in [9.17, 15) is 9.59 Å². The summed E-state index contributed by atoms with van der Waals surface area (Å²) in [6.45, 7) is 0. The third-order valence-electron chi connectivity index (χ3n) is 2.46. The third-order valence-corrected chi connectivity index (χ3v) is 3.30. The number of ether oxygens (including phenoxy) is 2. The average molecular weight is 288 g/mol. The van der Waals surface area contributed by atoms with Crippen LogP contribution in [-0.4, -0.2) is 19.4 Å². The van der Waals surface area contributed by atoms with Gasteiger partial charge >= 0.3 is 5.97 Å². The lowest BCUT2D eigenvalue weighted by atomic mass is 10.2. The number of carbonyl (C=O) groups is 2. The minimum absolute atomic E-state index is 0.277. The van der Waals surface area contributed by atoms with Crippen molar-refractivity contribution in [1.82, 2.24) is 0 Å². The van der Waals surface area contributed by atoms with Gasteiger partial charge in [-0.05, 0) is 35.7 Å². The summed E-state index contributed by atoms with van der Waals surface area (Å²) in [5.74, 6) is 0.113. The van der Waals surface area contributed by atoms with Crippen LogP contribution in [0.5, 0.6) is 11.5 Å². The molecule has 0 aliphatic carbocycles. The molecule has 0 saturated heterocycles. The number of rotatable bonds is 5. The number of methoxy groups -OCH3 is 1. The smallest absolute Gasteiger partial charge is 0.336 e. The molecule has 0 aliphatic rings. The first-order chi connectivity index (χ1) is 9.72. The lowest BCUT2D eigenvalue weighted by Crippen LogP contribution is -2.05. The summed E-state index contributed by atoms with van der Waals surface area (Å²) in [4.78, 5) is 23.3. The molecule has 1 aromatic heterocycles. The van der Waals surface area contributed by atoms with Gasteiger partial charge in [-0.15, -0.1) is 11.3 Å². The number of esters is 1. The van der Waals surface area contributed by atoms with Gasteiger partial charge in [-0.2, -0.15) is 0 Å². The summed E-state index contributed by atoms with van der Waals surface area (Å²) >= 11 is 1.53. The van der Waals surface area contributed by atoms with E-state index < -0.39 is 5.97 Å². The zero-order valence-electron chi connectivity index (χ0n) is 10.7. The molecule has 0 unspecified atom stereocenters. The van der Waals surface area contributed by atoms with Crippen LogP contribution in [0, 0.1) is 0 Å². The number of benzene rings is 1. The molecular weight excluding hydrogens is 276 g/mol. The molecule has 0 N–H and O–H groups in total. The van der Waals surface area contributed by atoms with Crippen LogP contribution in [0.3, 0.4) is 0 Å². The second-order valence-electron chi connectivity index (χ2n) is 3.80. The summed E-state index contributed by atoms with van der Waals surface area (Å²) in [5, 5.41) is 1.92. The van der Waals surface area contributed by atoms with Gasteiger partial charge in [-0.25, -0.2) is 4.79 Å². The Balaban J connectivity index is 2.09. The van der Waals surface area contributed by atoms with Crippen molar-refractivity contribution in [3.8, 4) is 11.5 Å². The summed E-state index contributed by atoms with van der Waals surface area (Å²) in [5.41, 5.74) is 0.454. The number of hydrogen-bond donors (Lipinski definition) is 0. The predicted octanol–water partition coefficient (Wildman–Crippen LogP) is 3.19. The summed E-state index contributed by atoms with van der Waals surface area (Å²) in [7, 11) is 1.45. The summed E-state index contributed by atoms with van der Waals surface area (Å²) < 4.78 is 10.3. The molecule has 0 aliphatic heterocycles. The van der Waals surface area contributed by atoms with Gasteiger partial charge in [0.15, 0.2) is 11.5 Å². The van der Waals surface area contributed by atoms with Gasteiger partial charge in [-0.1, -0.05) is 6.07 Å². The molecule has 0 fully saturated rings. The van der Waals surface area contributed by atoms with E-state index in [-0.39, 0.29) is 5.75 Å². The first-order valence-corrected chi connectivity index (χ1v) is 6.67. The number of hydrogen-bond acceptors (Lipinski definition) is 5. The van der Waals surface area contributed by atoms with E-state index >= 15 is 0 Å². The second-order valence-corrected chi connectivity index (χ2v) is 4.78. The zero-order chi connectivity index (χ0) is 14.4. The molecule has 20 heavy (non-hydrogen) atoms. The van der Waals surface area contributed by atoms with E-state index in [0.29, 0.717) is 17.6 Å². The molecule has 5 heteroatoms. The molecule has 1 heterocycles. The van der Waals surface area contributed by atoms with Gasteiger partial charge in [0, 0.05) is 16.5 Å². The Kier molecular flexibility index (Phi) is 4.68. The normalized spacial score (nSPS) is 10.4. The van der Waals surface area contributed by atoms with Crippen molar-refractivity contribution in [2.24, 2.45) is 0 Å². The van der Waals surface area contributed by atoms with Crippen molar-refractivity contribution in [3.05, 3.63) is 52.2 Å². The van der Waals surface area contributed by atoms with Crippen molar-refractivity contribution >= 4 is 29.7 Å². The van der Waals surface area contributed by atoms with E-state index in [1.165, 1.54) is 36.7 Å². The van der Waals surface area contributed by atoms with Crippen LogP contribution in [0.1, 0.15) is 15.2 Å². The van der Waals surface area contributed by atoms with Crippen LogP contribution in [-0.2, 0) is 4.79 Å². The molecule has 2 aromatic rings. The van der Waals surface area contributed by atoms with Crippen LogP contribution >= 0.6 is 11.3 Å². The van der Waals surface area contributed by atoms with Crippen molar-refractivity contribution in [2.45, 2.75) is 0 Å². The Morgan fingerprint density at radius 1 is 1.25 bits per heavy atom. The quantitative estimate of drug-likeness (QED) is 0.367. The molecular formula is C15H12O4S. The fourth-order valence-electron chi connectivity index (χ4n) is 1.52. The van der Waals surface area contributed by atoms with Crippen molar-refractivity contribution < 1.29 is 19.1 Å². The van der Waals surface area contributed by atoms with E-state index in [1.807, 2.05) is 17.5 Å². The van der Waals surface area contributed by atoms with Gasteiger partial charge in [0.05, 0.1) is 7.11 Å². The fourth-order valence-corrected chi connectivity index (χ4v) is 2.14. The Morgan fingerprint density at radius 2 is 2.10 bits per heavy atom. The highest BCUT2D eigenvalue weighted by atomic mass is 32.1. The van der Waals surface area contributed by atoms with Gasteiger partial charge in [-0.3, -0.25) is 4.79 Å². The van der Waals surface area contributed by atoms with Crippen molar-refractivity contribution in [1.29, 1.82) is 0 Å². The van der Waals surface area contributed by atoms with Crippen molar-refractivity contribution in [3.63, 3.8) is 0 Å². The average Bonchev–Trinajstić information content (AvgIpc) is 2.99. The molecule has 0 spiro atoms. The first kappa shape index (κ1) is 14.0. The lowest BCUT2D eigenvalue weighted by Gasteiger charge is -2.07. The largest absolute Gasteiger partial charge is 0.493 e. The van der Waals surface area contributed by atoms with Crippen LogP contribution in [0.25, 0.3) is 6.08 Å².